The van der Waals surface area contributed by atoms with E-state index in [2.05, 4.69) is 13.8 Å². The summed E-state index contributed by atoms with van der Waals surface area (Å²) in [5.74, 6) is 3.68. The molecule has 10 atom stereocenters. The van der Waals surface area contributed by atoms with Crippen LogP contribution in [0.4, 0.5) is 0 Å². The van der Waals surface area contributed by atoms with Crippen LogP contribution in [0.15, 0.2) is 0 Å². The summed E-state index contributed by atoms with van der Waals surface area (Å²) in [7, 11) is 0. The summed E-state index contributed by atoms with van der Waals surface area (Å²) in [5.41, 5.74) is 1.31. The highest BCUT2D eigenvalue weighted by Gasteiger charge is 2.71. The van der Waals surface area contributed by atoms with Crippen molar-refractivity contribution in [2.45, 2.75) is 96.1 Å². The van der Waals surface area contributed by atoms with Crippen molar-refractivity contribution in [2.24, 2.45) is 34.5 Å². The van der Waals surface area contributed by atoms with Gasteiger partial charge >= 0.3 is 0 Å². The van der Waals surface area contributed by atoms with Crippen LogP contribution in [0.1, 0.15) is 71.6 Å². The standard InChI is InChI=1S/C21H32O2/c1-3-12-8-20(11-16-17(12)22-16)5-6-21(14(4-2)10-20)9-13-7-15(21)19-18(13)23-19/h12-19H,3-11H2,1-2H3. The highest BCUT2D eigenvalue weighted by atomic mass is 16.6. The lowest BCUT2D eigenvalue weighted by atomic mass is 9.49. The topological polar surface area (TPSA) is 25.1 Å². The van der Waals surface area contributed by atoms with Gasteiger partial charge in [-0.05, 0) is 79.4 Å². The SMILES string of the molecule is CCC1CC2(CCC3(CC4CC3C3OC43)C(CC)C2)CC2OC12. The predicted octanol–water partition coefficient (Wildman–Crippen LogP) is 4.56. The van der Waals surface area contributed by atoms with Gasteiger partial charge in [0, 0.05) is 0 Å². The minimum Gasteiger partial charge on any atom is -0.369 e. The van der Waals surface area contributed by atoms with Crippen LogP contribution in [0.5, 0.6) is 0 Å². The van der Waals surface area contributed by atoms with Gasteiger partial charge in [0.2, 0.25) is 0 Å². The third-order valence-corrected chi connectivity index (χ3v) is 9.41. The average Bonchev–Trinajstić information content (AvgIpc) is 3.47. The Morgan fingerprint density at radius 2 is 1.78 bits per heavy atom. The van der Waals surface area contributed by atoms with Crippen LogP contribution in [0.3, 0.4) is 0 Å². The number of fused-ring (bicyclic) bond motifs is 7. The number of rotatable bonds is 2. The Labute approximate surface area is 140 Å². The predicted molar refractivity (Wildman–Crippen MR) is 89.0 cm³/mol. The smallest absolute Gasteiger partial charge is 0.0878 e. The van der Waals surface area contributed by atoms with Crippen LogP contribution < -0.4 is 0 Å². The van der Waals surface area contributed by atoms with Crippen molar-refractivity contribution in [3.05, 3.63) is 0 Å². The Kier molecular flexibility index (Phi) is 2.68. The van der Waals surface area contributed by atoms with E-state index in [1.54, 1.807) is 0 Å². The lowest BCUT2D eigenvalue weighted by Gasteiger charge is -2.55. The maximum Gasteiger partial charge on any atom is 0.0878 e. The van der Waals surface area contributed by atoms with Crippen LogP contribution >= 0.6 is 0 Å². The molecule has 6 aliphatic rings. The first-order chi connectivity index (χ1) is 11.2. The lowest BCUT2D eigenvalue weighted by Crippen LogP contribution is -2.48. The van der Waals surface area contributed by atoms with E-state index in [9.17, 15) is 0 Å². The van der Waals surface area contributed by atoms with Gasteiger partial charge < -0.3 is 9.47 Å². The van der Waals surface area contributed by atoms with Gasteiger partial charge in [-0.1, -0.05) is 26.7 Å². The molecule has 2 heteroatoms. The Balaban J connectivity index is 1.28. The molecule has 10 unspecified atom stereocenters. The fourth-order valence-electron chi connectivity index (χ4n) is 8.34. The highest BCUT2D eigenvalue weighted by molar-refractivity contribution is 5.19. The van der Waals surface area contributed by atoms with Crippen LogP contribution in [-0.4, -0.2) is 24.4 Å². The molecule has 0 aromatic heterocycles. The quantitative estimate of drug-likeness (QED) is 0.698. The van der Waals surface area contributed by atoms with Gasteiger partial charge in [-0.15, -0.1) is 0 Å². The Bertz CT molecular complexity index is 532. The largest absolute Gasteiger partial charge is 0.369 e. The molecule has 0 aromatic carbocycles. The summed E-state index contributed by atoms with van der Waals surface area (Å²) >= 11 is 0. The fourth-order valence-corrected chi connectivity index (χ4v) is 8.34. The first kappa shape index (κ1) is 14.1. The number of hydrogen-bond donors (Lipinski definition) is 0. The molecule has 2 saturated heterocycles. The zero-order valence-corrected chi connectivity index (χ0v) is 14.8. The molecule has 0 amide bonds. The summed E-state index contributed by atoms with van der Waals surface area (Å²) in [6.45, 7) is 4.85. The molecule has 4 aliphatic carbocycles. The van der Waals surface area contributed by atoms with Gasteiger partial charge in [0.1, 0.15) is 0 Å². The Hall–Kier alpha value is -0.0800. The molecule has 2 aliphatic heterocycles. The van der Waals surface area contributed by atoms with Crippen LogP contribution in [0.25, 0.3) is 0 Å². The Morgan fingerprint density at radius 3 is 2.52 bits per heavy atom. The fraction of sp³-hybridized carbons (Fsp3) is 1.00. The maximum atomic E-state index is 6.05. The summed E-state index contributed by atoms with van der Waals surface area (Å²) < 4.78 is 12.1. The molecule has 0 radical (unpaired) electrons. The second-order valence-electron chi connectivity index (χ2n) is 10.1. The van der Waals surface area contributed by atoms with E-state index in [4.69, 9.17) is 9.47 Å². The molecule has 128 valence electrons. The summed E-state index contributed by atoms with van der Waals surface area (Å²) in [6.07, 6.45) is 15.7. The van der Waals surface area contributed by atoms with Gasteiger partial charge in [-0.3, -0.25) is 0 Å². The molecule has 2 heterocycles. The molecule has 0 N–H and O–H groups in total. The van der Waals surface area contributed by atoms with E-state index in [0.29, 0.717) is 35.2 Å². The van der Waals surface area contributed by atoms with Crippen molar-refractivity contribution < 1.29 is 9.47 Å². The number of epoxide rings is 2. The van der Waals surface area contributed by atoms with Gasteiger partial charge in [0.15, 0.2) is 0 Å². The molecule has 2 nitrogen and oxygen atoms in total. The third kappa shape index (κ3) is 1.73. The van der Waals surface area contributed by atoms with Gasteiger partial charge in [-0.25, -0.2) is 0 Å². The third-order valence-electron chi connectivity index (χ3n) is 9.41. The van der Waals surface area contributed by atoms with Gasteiger partial charge in [0.25, 0.3) is 0 Å². The van der Waals surface area contributed by atoms with E-state index >= 15 is 0 Å². The lowest BCUT2D eigenvalue weighted by molar-refractivity contribution is -0.0499. The number of hydrogen-bond acceptors (Lipinski definition) is 2. The first-order valence-electron chi connectivity index (χ1n) is 10.5. The average molecular weight is 316 g/mol. The van der Waals surface area contributed by atoms with Crippen molar-refractivity contribution in [3.63, 3.8) is 0 Å². The van der Waals surface area contributed by atoms with Gasteiger partial charge in [0.05, 0.1) is 24.4 Å². The molecule has 0 aromatic rings. The molecular weight excluding hydrogens is 284 g/mol. The van der Waals surface area contributed by atoms with E-state index < -0.39 is 0 Å². The van der Waals surface area contributed by atoms with Crippen LogP contribution in [0.2, 0.25) is 0 Å². The van der Waals surface area contributed by atoms with E-state index in [1.807, 2.05) is 0 Å². The molecule has 2 bridgehead atoms. The summed E-state index contributed by atoms with van der Waals surface area (Å²) in [4.78, 5) is 0. The monoisotopic (exact) mass is 316 g/mol. The van der Waals surface area contributed by atoms with E-state index in [-0.39, 0.29) is 0 Å². The second kappa shape index (κ2) is 4.36. The zero-order chi connectivity index (χ0) is 15.4. The van der Waals surface area contributed by atoms with Crippen molar-refractivity contribution >= 4 is 0 Å². The molecule has 4 saturated carbocycles. The molecule has 23 heavy (non-hydrogen) atoms. The first-order valence-corrected chi connectivity index (χ1v) is 10.5. The molecule has 6 rings (SSSR count). The molecule has 6 fully saturated rings. The maximum absolute atomic E-state index is 6.05. The minimum atomic E-state index is 0.635. The number of ether oxygens (including phenoxy) is 2. The van der Waals surface area contributed by atoms with Gasteiger partial charge in [-0.2, -0.15) is 0 Å². The van der Waals surface area contributed by atoms with Crippen LogP contribution in [0, 0.1) is 34.5 Å². The summed E-state index contributed by atoms with van der Waals surface area (Å²) in [5, 5.41) is 0. The zero-order valence-electron chi connectivity index (χ0n) is 14.8. The minimum absolute atomic E-state index is 0.635. The van der Waals surface area contributed by atoms with Crippen molar-refractivity contribution in [2.75, 3.05) is 0 Å². The van der Waals surface area contributed by atoms with E-state index in [1.165, 1.54) is 57.8 Å². The normalized spacial score (nSPS) is 65.0. The molecule has 2 spiro atoms. The van der Waals surface area contributed by atoms with Crippen LogP contribution in [-0.2, 0) is 9.47 Å². The van der Waals surface area contributed by atoms with Crippen molar-refractivity contribution in [1.82, 2.24) is 0 Å². The second-order valence-corrected chi connectivity index (χ2v) is 10.1. The van der Waals surface area contributed by atoms with Crippen molar-refractivity contribution in [1.29, 1.82) is 0 Å². The van der Waals surface area contributed by atoms with Crippen molar-refractivity contribution in [3.8, 4) is 0 Å². The molecular formula is C21H32O2. The highest BCUT2D eigenvalue weighted by Crippen LogP contribution is 2.72. The Morgan fingerprint density at radius 1 is 0.870 bits per heavy atom. The van der Waals surface area contributed by atoms with E-state index in [0.717, 1.165) is 23.7 Å². The summed E-state index contributed by atoms with van der Waals surface area (Å²) in [6, 6.07) is 0.